The Hall–Kier alpha value is 1.04. The number of halogens is 4. The number of rotatable bonds is 9. The van der Waals surface area contributed by atoms with Gasteiger partial charge >= 0.3 is 12.0 Å². The second-order valence-corrected chi connectivity index (χ2v) is 16.0. The Kier molecular flexibility index (Phi) is 9.58. The van der Waals surface area contributed by atoms with Gasteiger partial charge in [-0.2, -0.15) is 0 Å². The number of hydrogen-bond acceptors (Lipinski definition) is 2. The Morgan fingerprint density at radius 2 is 1.61 bits per heavy atom. The number of hydrogen-bond donors (Lipinski definition) is 0. The Bertz CT molecular complexity index is 252. The third-order valence-corrected chi connectivity index (χ3v) is 5.27. The summed E-state index contributed by atoms with van der Waals surface area (Å²) in [6.45, 7) is 4.03. The first-order valence-electron chi connectivity index (χ1n) is 6.06. The van der Waals surface area contributed by atoms with Crippen molar-refractivity contribution in [2.24, 2.45) is 0 Å². The summed E-state index contributed by atoms with van der Waals surface area (Å²) in [5, 5.41) is 0. The molecule has 0 aliphatic heterocycles. The first-order chi connectivity index (χ1) is 8.13. The van der Waals surface area contributed by atoms with Gasteiger partial charge in [-0.25, -0.2) is 0 Å². The van der Waals surface area contributed by atoms with Crippen LogP contribution in [0.1, 0.15) is 46.0 Å². The molecule has 0 amide bonds. The smallest absolute Gasteiger partial charge is 0.341 e. The van der Waals surface area contributed by atoms with Crippen molar-refractivity contribution < 1.29 is 9.53 Å². The van der Waals surface area contributed by atoms with E-state index in [1.165, 1.54) is 0 Å². The minimum absolute atomic E-state index is 0.218. The molecule has 0 heterocycles. The average Bonchev–Trinajstić information content (AvgIpc) is 2.18. The molecule has 0 atom stereocenters. The van der Waals surface area contributed by atoms with Crippen molar-refractivity contribution >= 4 is 61.1 Å². The van der Waals surface area contributed by atoms with Crippen molar-refractivity contribution in [1.29, 1.82) is 0 Å². The molecule has 0 radical (unpaired) electrons. The molecule has 7 heteroatoms. The van der Waals surface area contributed by atoms with Crippen LogP contribution in [0.5, 0.6) is 0 Å². The van der Waals surface area contributed by atoms with Crippen LogP contribution < -0.4 is 0 Å². The number of carbonyl (C=O) groups excluding carboxylic acids is 1. The van der Waals surface area contributed by atoms with E-state index < -0.39 is 10.3 Å². The van der Waals surface area contributed by atoms with Crippen LogP contribution in [0.25, 0.3) is 0 Å². The highest BCUT2D eigenvalue weighted by Crippen LogP contribution is 2.27. The lowest BCUT2D eigenvalue weighted by atomic mass is 10.2. The fraction of sp³-hybridized carbons (Fsp3) is 0.909. The van der Waals surface area contributed by atoms with E-state index in [0.717, 1.165) is 38.1 Å². The molecule has 0 saturated heterocycles. The van der Waals surface area contributed by atoms with E-state index in [4.69, 9.17) is 38.0 Å². The summed E-state index contributed by atoms with van der Waals surface area (Å²) >= 11 is 20.6. The molecule has 0 N–H and O–H groups in total. The summed E-state index contributed by atoms with van der Waals surface area (Å²) in [6.07, 6.45) is 5.05. The summed E-state index contributed by atoms with van der Waals surface area (Å²) in [7, 11) is 0. The van der Waals surface area contributed by atoms with Crippen molar-refractivity contribution in [2.75, 3.05) is 6.61 Å². The van der Waals surface area contributed by atoms with Gasteiger partial charge in [0.2, 0.25) is 0 Å². The lowest BCUT2D eigenvalue weighted by Gasteiger charge is -2.14. The molecule has 108 valence electrons. The maximum absolute atomic E-state index is 11.4. The molecule has 0 aromatic rings. The molecule has 0 aliphatic carbocycles. The SMILES string of the molecule is CC(C)(Br)C(=O)OCCCCCCC[Si](Cl)(Cl)Cl. The summed E-state index contributed by atoms with van der Waals surface area (Å²) in [6, 6.07) is -1.70. The van der Waals surface area contributed by atoms with Gasteiger partial charge in [-0.15, -0.1) is 33.2 Å². The highest BCUT2D eigenvalue weighted by Gasteiger charge is 2.25. The lowest BCUT2D eigenvalue weighted by Crippen LogP contribution is -2.26. The summed E-state index contributed by atoms with van der Waals surface area (Å²) < 4.78 is 4.53. The van der Waals surface area contributed by atoms with Crippen molar-refractivity contribution in [3.05, 3.63) is 0 Å². The Labute approximate surface area is 133 Å². The highest BCUT2D eigenvalue weighted by atomic mass is 79.9. The predicted molar refractivity (Wildman–Crippen MR) is 85.2 cm³/mol. The van der Waals surface area contributed by atoms with Crippen molar-refractivity contribution in [1.82, 2.24) is 0 Å². The fourth-order valence-corrected chi connectivity index (χ4v) is 3.26. The number of ether oxygens (including phenoxy) is 1. The van der Waals surface area contributed by atoms with Crippen LogP contribution in [0.3, 0.4) is 0 Å². The number of esters is 1. The summed E-state index contributed by atoms with van der Waals surface area (Å²) in [5.74, 6) is -0.218. The van der Waals surface area contributed by atoms with Crippen molar-refractivity contribution in [3.8, 4) is 0 Å². The first-order valence-corrected chi connectivity index (χ1v) is 12.1. The van der Waals surface area contributed by atoms with Crippen LogP contribution in [-0.2, 0) is 9.53 Å². The molecule has 0 aromatic carbocycles. The monoisotopic (exact) mass is 396 g/mol. The zero-order chi connectivity index (χ0) is 14.2. The van der Waals surface area contributed by atoms with Crippen LogP contribution >= 0.6 is 49.2 Å². The molecular formula is C11H20BrCl3O2Si. The van der Waals surface area contributed by atoms with Crippen LogP contribution in [0.4, 0.5) is 0 Å². The van der Waals surface area contributed by atoms with Gasteiger partial charge in [0.15, 0.2) is 0 Å². The highest BCUT2D eigenvalue weighted by molar-refractivity contribution is 9.10. The van der Waals surface area contributed by atoms with E-state index in [2.05, 4.69) is 15.9 Å². The Balaban J connectivity index is 3.35. The molecule has 0 unspecified atom stereocenters. The van der Waals surface area contributed by atoms with Crippen molar-refractivity contribution in [3.63, 3.8) is 0 Å². The normalized spacial score (nSPS) is 12.6. The first kappa shape index (κ1) is 19.0. The van der Waals surface area contributed by atoms with E-state index >= 15 is 0 Å². The molecule has 0 spiro atoms. The Morgan fingerprint density at radius 3 is 2.11 bits per heavy atom. The standard InChI is InChI=1S/C11H20BrCl3O2Si/c1-11(2,12)10(16)17-8-6-4-3-5-7-9-18(13,14)15/h3-9H2,1-2H3. The number of carbonyl (C=O) groups is 1. The maximum atomic E-state index is 11.4. The van der Waals surface area contributed by atoms with E-state index in [9.17, 15) is 4.79 Å². The van der Waals surface area contributed by atoms with E-state index in [0.29, 0.717) is 6.61 Å². The van der Waals surface area contributed by atoms with Gasteiger partial charge in [0.05, 0.1) is 6.61 Å². The van der Waals surface area contributed by atoms with Gasteiger partial charge in [0, 0.05) is 0 Å². The third kappa shape index (κ3) is 12.1. The summed E-state index contributed by atoms with van der Waals surface area (Å²) in [5.41, 5.74) is 0. The van der Waals surface area contributed by atoms with Crippen LogP contribution in [-0.4, -0.2) is 22.9 Å². The van der Waals surface area contributed by atoms with E-state index in [1.54, 1.807) is 13.8 Å². The molecule has 0 aliphatic rings. The molecule has 0 fully saturated rings. The van der Waals surface area contributed by atoms with Crippen LogP contribution in [0.15, 0.2) is 0 Å². The van der Waals surface area contributed by atoms with E-state index in [-0.39, 0.29) is 5.97 Å². The van der Waals surface area contributed by atoms with Crippen molar-refractivity contribution in [2.45, 2.75) is 56.3 Å². The minimum Gasteiger partial charge on any atom is -0.465 e. The van der Waals surface area contributed by atoms with Crippen LogP contribution in [0.2, 0.25) is 6.04 Å². The largest absolute Gasteiger partial charge is 0.465 e. The molecule has 0 bridgehead atoms. The zero-order valence-corrected chi connectivity index (χ0v) is 15.6. The lowest BCUT2D eigenvalue weighted by molar-refractivity contribution is -0.145. The average molecular weight is 399 g/mol. The minimum atomic E-state index is -2.43. The topological polar surface area (TPSA) is 26.3 Å². The van der Waals surface area contributed by atoms with Gasteiger partial charge in [-0.05, 0) is 26.3 Å². The Morgan fingerprint density at radius 1 is 1.11 bits per heavy atom. The second-order valence-electron chi connectivity index (χ2n) is 4.74. The predicted octanol–water partition coefficient (Wildman–Crippen LogP) is 5.31. The van der Waals surface area contributed by atoms with Crippen LogP contribution in [0, 0.1) is 0 Å². The zero-order valence-electron chi connectivity index (χ0n) is 10.8. The molecule has 0 saturated carbocycles. The molecular weight excluding hydrogens is 378 g/mol. The third-order valence-electron chi connectivity index (χ3n) is 2.32. The quantitative estimate of drug-likeness (QED) is 0.173. The van der Waals surface area contributed by atoms with Gasteiger partial charge < -0.3 is 4.74 Å². The molecule has 0 rings (SSSR count). The number of unbranched alkanes of at least 4 members (excludes halogenated alkanes) is 4. The second kappa shape index (κ2) is 9.06. The van der Waals surface area contributed by atoms with E-state index in [1.807, 2.05) is 0 Å². The summed E-state index contributed by atoms with van der Waals surface area (Å²) in [4.78, 5) is 11.4. The van der Waals surface area contributed by atoms with Gasteiger partial charge in [0.25, 0.3) is 0 Å². The molecule has 18 heavy (non-hydrogen) atoms. The van der Waals surface area contributed by atoms with Gasteiger partial charge in [-0.3, -0.25) is 4.79 Å². The maximum Gasteiger partial charge on any atom is 0.341 e. The molecule has 0 aromatic heterocycles. The number of alkyl halides is 1. The van der Waals surface area contributed by atoms with Gasteiger partial charge in [-0.1, -0.05) is 41.6 Å². The molecule has 2 nitrogen and oxygen atoms in total. The fourth-order valence-electron chi connectivity index (χ4n) is 1.29. The van der Waals surface area contributed by atoms with Gasteiger partial charge in [0.1, 0.15) is 4.32 Å².